The summed E-state index contributed by atoms with van der Waals surface area (Å²) in [5.41, 5.74) is 0.804. The Morgan fingerprint density at radius 1 is 0.964 bits per heavy atom. The van der Waals surface area contributed by atoms with Crippen LogP contribution >= 0.6 is 0 Å². The van der Waals surface area contributed by atoms with E-state index in [1.807, 2.05) is 18.2 Å². The lowest BCUT2D eigenvalue weighted by atomic mass is 10.0. The molecule has 0 aromatic heterocycles. The number of para-hydroxylation sites is 1. The van der Waals surface area contributed by atoms with Crippen molar-refractivity contribution >= 4 is 11.6 Å². The van der Waals surface area contributed by atoms with Crippen LogP contribution in [-0.4, -0.2) is 25.0 Å². The second kappa shape index (κ2) is 7.49. The maximum absolute atomic E-state index is 13.2. The molecule has 1 aliphatic carbocycles. The van der Waals surface area contributed by atoms with E-state index in [2.05, 4.69) is 22.3 Å². The van der Waals surface area contributed by atoms with Crippen molar-refractivity contribution in [3.05, 3.63) is 65.7 Å². The topological polar surface area (TPSA) is 32.3 Å². The average Bonchev–Trinajstić information content (AvgIpc) is 3.50. The molecular formula is C22H23F3N2O. The van der Waals surface area contributed by atoms with Crippen LogP contribution in [0.25, 0.3) is 0 Å². The molecule has 1 heterocycles. The van der Waals surface area contributed by atoms with E-state index in [0.717, 1.165) is 32.0 Å². The number of hydrogen-bond donors (Lipinski definition) is 1. The lowest BCUT2D eigenvalue weighted by molar-refractivity contribution is -0.138. The first-order chi connectivity index (χ1) is 13.4. The van der Waals surface area contributed by atoms with E-state index in [1.165, 1.54) is 17.8 Å². The monoisotopic (exact) mass is 388 g/mol. The molecule has 148 valence electrons. The van der Waals surface area contributed by atoms with Crippen LogP contribution in [0.5, 0.6) is 0 Å². The normalized spacial score (nSPS) is 22.8. The van der Waals surface area contributed by atoms with Gasteiger partial charge in [0.15, 0.2) is 0 Å². The zero-order valence-corrected chi connectivity index (χ0v) is 15.5. The molecule has 28 heavy (non-hydrogen) atoms. The lowest BCUT2D eigenvalue weighted by Crippen LogP contribution is -2.45. The second-order valence-corrected chi connectivity index (χ2v) is 7.64. The molecule has 0 spiro atoms. The van der Waals surface area contributed by atoms with Crippen molar-refractivity contribution in [1.82, 2.24) is 5.32 Å². The maximum atomic E-state index is 13.2. The Morgan fingerprint density at radius 2 is 1.61 bits per heavy atom. The predicted molar refractivity (Wildman–Crippen MR) is 102 cm³/mol. The highest BCUT2D eigenvalue weighted by molar-refractivity contribution is 5.83. The highest BCUT2D eigenvalue weighted by Crippen LogP contribution is 2.51. The molecule has 1 saturated heterocycles. The zero-order valence-electron chi connectivity index (χ0n) is 15.5. The third-order valence-corrected chi connectivity index (χ3v) is 5.76. The Hall–Kier alpha value is -2.50. The number of hydrogen-bond acceptors (Lipinski definition) is 2. The van der Waals surface area contributed by atoms with Gasteiger partial charge in [-0.25, -0.2) is 0 Å². The number of nitrogens with one attached hydrogen (secondary N) is 1. The van der Waals surface area contributed by atoms with Crippen LogP contribution in [0.2, 0.25) is 0 Å². The van der Waals surface area contributed by atoms with E-state index in [9.17, 15) is 18.0 Å². The molecular weight excluding hydrogens is 365 g/mol. The number of piperidine rings is 1. The standard InChI is InChI=1S/C22H23F3N2O/c23-22(24,25)20-9-5-4-8-17(20)18-14-19(18)21(28)26-15-10-12-27(13-11-15)16-6-2-1-3-7-16/h1-9,15,18-19H,10-14H2,(H,26,28). The van der Waals surface area contributed by atoms with Gasteiger partial charge in [0.25, 0.3) is 0 Å². The van der Waals surface area contributed by atoms with Gasteiger partial charge in [0.1, 0.15) is 0 Å². The fourth-order valence-electron chi connectivity index (χ4n) is 4.14. The quantitative estimate of drug-likeness (QED) is 0.831. The van der Waals surface area contributed by atoms with Gasteiger partial charge >= 0.3 is 6.18 Å². The van der Waals surface area contributed by atoms with Gasteiger partial charge in [-0.1, -0.05) is 36.4 Å². The molecule has 1 saturated carbocycles. The molecule has 0 bridgehead atoms. The van der Waals surface area contributed by atoms with Crippen LogP contribution in [-0.2, 0) is 11.0 Å². The number of amides is 1. The van der Waals surface area contributed by atoms with Crippen LogP contribution in [0.1, 0.15) is 36.3 Å². The first-order valence-corrected chi connectivity index (χ1v) is 9.70. The van der Waals surface area contributed by atoms with Crippen LogP contribution in [0.4, 0.5) is 18.9 Å². The van der Waals surface area contributed by atoms with Crippen molar-refractivity contribution in [3.8, 4) is 0 Å². The Bertz CT molecular complexity index is 829. The minimum absolute atomic E-state index is 0.0894. The second-order valence-electron chi connectivity index (χ2n) is 7.64. The van der Waals surface area contributed by atoms with E-state index < -0.39 is 11.7 Å². The minimum Gasteiger partial charge on any atom is -0.371 e. The fraction of sp³-hybridized carbons (Fsp3) is 0.409. The molecule has 0 radical (unpaired) electrons. The van der Waals surface area contributed by atoms with Gasteiger partial charge in [0.05, 0.1) is 5.56 Å². The van der Waals surface area contributed by atoms with Gasteiger partial charge in [0.2, 0.25) is 5.91 Å². The van der Waals surface area contributed by atoms with Gasteiger partial charge < -0.3 is 10.2 Å². The Morgan fingerprint density at radius 3 is 2.29 bits per heavy atom. The molecule has 1 aliphatic heterocycles. The largest absolute Gasteiger partial charge is 0.416 e. The van der Waals surface area contributed by atoms with Gasteiger partial charge in [0, 0.05) is 30.7 Å². The third kappa shape index (κ3) is 4.01. The Kier molecular flexibility index (Phi) is 5.04. The summed E-state index contributed by atoms with van der Waals surface area (Å²) in [6.45, 7) is 1.72. The molecule has 3 nitrogen and oxygen atoms in total. The van der Waals surface area contributed by atoms with Gasteiger partial charge in [-0.3, -0.25) is 4.79 Å². The SMILES string of the molecule is O=C(NC1CCN(c2ccccc2)CC1)C1CC1c1ccccc1C(F)(F)F. The summed E-state index contributed by atoms with van der Waals surface area (Å²) in [6.07, 6.45) is -2.21. The Balaban J connectivity index is 1.32. The van der Waals surface area contributed by atoms with Crippen molar-refractivity contribution in [3.63, 3.8) is 0 Å². The number of benzene rings is 2. The highest BCUT2D eigenvalue weighted by atomic mass is 19.4. The van der Waals surface area contributed by atoms with Crippen molar-refractivity contribution in [2.75, 3.05) is 18.0 Å². The first-order valence-electron chi connectivity index (χ1n) is 9.70. The number of nitrogens with zero attached hydrogens (tertiary/aromatic N) is 1. The fourth-order valence-corrected chi connectivity index (χ4v) is 4.14. The van der Waals surface area contributed by atoms with Crippen molar-refractivity contribution in [2.24, 2.45) is 5.92 Å². The van der Waals surface area contributed by atoms with Crippen LogP contribution in [0.15, 0.2) is 54.6 Å². The number of rotatable bonds is 4. The summed E-state index contributed by atoms with van der Waals surface area (Å²) >= 11 is 0. The van der Waals surface area contributed by atoms with Crippen LogP contribution in [0.3, 0.4) is 0 Å². The maximum Gasteiger partial charge on any atom is 0.416 e. The Labute approximate surface area is 162 Å². The van der Waals surface area contributed by atoms with Gasteiger partial charge in [-0.15, -0.1) is 0 Å². The molecule has 2 aromatic rings. The third-order valence-electron chi connectivity index (χ3n) is 5.76. The summed E-state index contributed by atoms with van der Waals surface area (Å²) in [6, 6.07) is 15.8. The molecule has 6 heteroatoms. The smallest absolute Gasteiger partial charge is 0.371 e. The molecule has 2 aliphatic rings. The van der Waals surface area contributed by atoms with Gasteiger partial charge in [-0.05, 0) is 48.9 Å². The van der Waals surface area contributed by atoms with Crippen LogP contribution in [0, 0.1) is 5.92 Å². The first kappa shape index (κ1) is 18.8. The number of carbonyl (C=O) groups excluding carboxylic acids is 1. The predicted octanol–water partition coefficient (Wildman–Crippen LogP) is 4.59. The number of alkyl halides is 3. The molecule has 4 rings (SSSR count). The number of halogens is 3. The molecule has 2 atom stereocenters. The molecule has 2 fully saturated rings. The molecule has 2 aromatic carbocycles. The summed E-state index contributed by atoms with van der Waals surface area (Å²) in [5, 5.41) is 3.06. The minimum atomic E-state index is -4.38. The van der Waals surface area contributed by atoms with E-state index >= 15 is 0 Å². The lowest BCUT2D eigenvalue weighted by Gasteiger charge is -2.34. The van der Waals surface area contributed by atoms with Gasteiger partial charge in [-0.2, -0.15) is 13.2 Å². The highest BCUT2D eigenvalue weighted by Gasteiger charge is 2.48. The van der Waals surface area contributed by atoms with E-state index in [4.69, 9.17) is 0 Å². The van der Waals surface area contributed by atoms with Crippen molar-refractivity contribution in [1.29, 1.82) is 0 Å². The summed E-state index contributed by atoms with van der Waals surface area (Å²) in [5.74, 6) is -0.793. The molecule has 1 amide bonds. The van der Waals surface area contributed by atoms with Crippen LogP contribution < -0.4 is 10.2 Å². The van der Waals surface area contributed by atoms with Crippen molar-refractivity contribution < 1.29 is 18.0 Å². The number of anilines is 1. The molecule has 1 N–H and O–H groups in total. The van der Waals surface area contributed by atoms with Crippen molar-refractivity contribution in [2.45, 2.75) is 37.4 Å². The average molecular weight is 388 g/mol. The zero-order chi connectivity index (χ0) is 19.7. The number of carbonyl (C=O) groups is 1. The summed E-state index contributed by atoms with van der Waals surface area (Å²) < 4.78 is 39.6. The van der Waals surface area contributed by atoms with E-state index in [1.54, 1.807) is 6.07 Å². The summed E-state index contributed by atoms with van der Waals surface area (Å²) in [4.78, 5) is 14.9. The van der Waals surface area contributed by atoms with E-state index in [-0.39, 0.29) is 29.3 Å². The molecule has 2 unspecified atom stereocenters. The van der Waals surface area contributed by atoms with E-state index in [0.29, 0.717) is 6.42 Å². The summed E-state index contributed by atoms with van der Waals surface area (Å²) in [7, 11) is 0.